The van der Waals surface area contributed by atoms with Crippen LogP contribution in [0.15, 0.2) is 71.6 Å². The highest BCUT2D eigenvalue weighted by Crippen LogP contribution is 2.27. The van der Waals surface area contributed by atoms with Gasteiger partial charge in [0.05, 0.1) is 25.9 Å². The maximum Gasteiger partial charge on any atom is 0.243 e. The summed E-state index contributed by atoms with van der Waals surface area (Å²) in [5.41, 5.74) is 2.54. The zero-order valence-electron chi connectivity index (χ0n) is 19.8. The van der Waals surface area contributed by atoms with Gasteiger partial charge in [0.25, 0.3) is 0 Å². The number of fused-ring (bicyclic) bond motifs is 1. The number of hydrogen-bond donors (Lipinski definition) is 2. The smallest absolute Gasteiger partial charge is 0.243 e. The van der Waals surface area contributed by atoms with E-state index in [1.54, 1.807) is 32.4 Å². The molecule has 3 aromatic carbocycles. The molecule has 1 atom stereocenters. The molecule has 0 aliphatic carbocycles. The quantitative estimate of drug-likeness (QED) is 0.308. The summed E-state index contributed by atoms with van der Waals surface area (Å²) in [7, 11) is -0.924. The second-order valence-corrected chi connectivity index (χ2v) is 10.2. The van der Waals surface area contributed by atoms with Crippen LogP contribution in [0.25, 0.3) is 11.0 Å². The fraction of sp³-hybridized carbons (Fsp3) is 0.240. The first kappa shape index (κ1) is 25.5. The molecule has 0 aliphatic rings. The van der Waals surface area contributed by atoms with Crippen molar-refractivity contribution in [3.8, 4) is 11.5 Å². The lowest BCUT2D eigenvalue weighted by atomic mass is 10.1. The van der Waals surface area contributed by atoms with E-state index in [0.717, 1.165) is 22.9 Å². The average Bonchev–Trinajstić information content (AvgIpc) is 3.37. The van der Waals surface area contributed by atoms with Crippen LogP contribution in [0.1, 0.15) is 11.1 Å². The molecule has 4 aromatic rings. The number of amides is 1. The Bertz CT molecular complexity index is 1440. The molecule has 0 bridgehead atoms. The van der Waals surface area contributed by atoms with Gasteiger partial charge in [0, 0.05) is 6.54 Å². The highest BCUT2D eigenvalue weighted by Gasteiger charge is 2.28. The summed E-state index contributed by atoms with van der Waals surface area (Å²) in [6.07, 6.45) is 0.717. The number of carbonyl (C=O) groups is 1. The number of nitrogens with zero attached hydrogens (tertiary/aromatic N) is 2. The topological polar surface area (TPSA) is 120 Å². The molecule has 36 heavy (non-hydrogen) atoms. The van der Waals surface area contributed by atoms with Crippen molar-refractivity contribution in [1.82, 2.24) is 18.8 Å². The SMILES string of the molecule is COc1ccc(CCNC(=O)[C@H](Cc2ccccc2)NS(=O)(=O)c2cccc3nsnc23)cc1OC. The number of hydrogen-bond acceptors (Lipinski definition) is 8. The van der Waals surface area contributed by atoms with Gasteiger partial charge in [0.1, 0.15) is 22.0 Å². The molecule has 0 saturated heterocycles. The third-order valence-electron chi connectivity index (χ3n) is 5.60. The first-order valence-electron chi connectivity index (χ1n) is 11.2. The Balaban J connectivity index is 1.50. The Kier molecular flexibility index (Phi) is 8.14. The molecule has 188 valence electrons. The van der Waals surface area contributed by atoms with Crippen LogP contribution in [0.3, 0.4) is 0 Å². The number of benzene rings is 3. The Morgan fingerprint density at radius 3 is 2.47 bits per heavy atom. The number of carbonyl (C=O) groups excluding carboxylic acids is 1. The molecule has 1 aromatic heterocycles. The molecule has 0 saturated carbocycles. The first-order valence-corrected chi connectivity index (χ1v) is 13.4. The van der Waals surface area contributed by atoms with Crippen molar-refractivity contribution < 1.29 is 22.7 Å². The van der Waals surface area contributed by atoms with Gasteiger partial charge in [0.15, 0.2) is 11.5 Å². The van der Waals surface area contributed by atoms with E-state index in [-0.39, 0.29) is 16.8 Å². The van der Waals surface area contributed by atoms with E-state index in [9.17, 15) is 13.2 Å². The third-order valence-corrected chi connectivity index (χ3v) is 7.64. The minimum absolute atomic E-state index is 0.00932. The van der Waals surface area contributed by atoms with Crippen molar-refractivity contribution in [2.45, 2.75) is 23.8 Å². The molecule has 9 nitrogen and oxygen atoms in total. The number of nitrogens with one attached hydrogen (secondary N) is 2. The van der Waals surface area contributed by atoms with Gasteiger partial charge in [-0.15, -0.1) is 0 Å². The molecule has 0 unspecified atom stereocenters. The Morgan fingerprint density at radius 2 is 1.72 bits per heavy atom. The summed E-state index contributed by atoms with van der Waals surface area (Å²) in [5, 5.41) is 2.86. The summed E-state index contributed by atoms with van der Waals surface area (Å²) < 4.78 is 48.0. The number of aromatic nitrogens is 2. The number of methoxy groups -OCH3 is 2. The molecule has 1 amide bonds. The number of sulfonamides is 1. The zero-order valence-corrected chi connectivity index (χ0v) is 21.4. The zero-order chi connectivity index (χ0) is 25.5. The molecule has 2 N–H and O–H groups in total. The van der Waals surface area contributed by atoms with Gasteiger partial charge in [0.2, 0.25) is 15.9 Å². The van der Waals surface area contributed by atoms with E-state index < -0.39 is 22.0 Å². The Morgan fingerprint density at radius 1 is 0.944 bits per heavy atom. The Labute approximate surface area is 213 Å². The molecule has 0 aliphatic heterocycles. The van der Waals surface area contributed by atoms with Crippen molar-refractivity contribution in [2.24, 2.45) is 0 Å². The molecular formula is C25H26N4O5S2. The first-order chi connectivity index (χ1) is 17.4. The fourth-order valence-corrected chi connectivity index (χ4v) is 5.74. The van der Waals surface area contributed by atoms with Crippen molar-refractivity contribution in [3.05, 3.63) is 77.9 Å². The lowest BCUT2D eigenvalue weighted by Gasteiger charge is -2.19. The van der Waals surface area contributed by atoms with E-state index in [0.29, 0.717) is 30.0 Å². The van der Waals surface area contributed by atoms with Gasteiger partial charge < -0.3 is 14.8 Å². The van der Waals surface area contributed by atoms with Crippen LogP contribution in [-0.4, -0.2) is 49.9 Å². The van der Waals surface area contributed by atoms with Crippen LogP contribution in [0.4, 0.5) is 0 Å². The van der Waals surface area contributed by atoms with E-state index in [1.807, 2.05) is 42.5 Å². The Hall–Kier alpha value is -3.54. The van der Waals surface area contributed by atoms with Crippen LogP contribution in [-0.2, 0) is 27.7 Å². The molecule has 11 heteroatoms. The van der Waals surface area contributed by atoms with E-state index in [1.165, 1.54) is 6.07 Å². The molecule has 0 fully saturated rings. The van der Waals surface area contributed by atoms with E-state index in [4.69, 9.17) is 9.47 Å². The van der Waals surface area contributed by atoms with Gasteiger partial charge in [-0.25, -0.2) is 8.42 Å². The van der Waals surface area contributed by atoms with Crippen LogP contribution in [0.5, 0.6) is 11.5 Å². The minimum atomic E-state index is -4.05. The molecular weight excluding hydrogens is 500 g/mol. The predicted octanol–water partition coefficient (Wildman–Crippen LogP) is 2.96. The monoisotopic (exact) mass is 526 g/mol. The minimum Gasteiger partial charge on any atom is -0.493 e. The van der Waals surface area contributed by atoms with Gasteiger partial charge in [-0.2, -0.15) is 13.5 Å². The van der Waals surface area contributed by atoms with Gasteiger partial charge in [-0.1, -0.05) is 42.5 Å². The third kappa shape index (κ3) is 5.99. The molecule has 4 rings (SSSR count). The maximum atomic E-state index is 13.3. The van der Waals surface area contributed by atoms with Crippen molar-refractivity contribution >= 4 is 38.7 Å². The standard InChI is InChI=1S/C25H26N4O5S2/c1-33-21-12-11-18(16-22(21)34-2)13-14-26-25(30)20(15-17-7-4-3-5-8-17)29-36(31,32)23-10-6-9-19-24(23)28-35-27-19/h3-12,16,20,29H,13-15H2,1-2H3,(H,26,30)/t20-/m0/s1. The van der Waals surface area contributed by atoms with Crippen molar-refractivity contribution in [3.63, 3.8) is 0 Å². The summed E-state index contributed by atoms with van der Waals surface area (Å²) in [6, 6.07) is 18.5. The summed E-state index contributed by atoms with van der Waals surface area (Å²) in [6.45, 7) is 0.312. The fourth-order valence-electron chi connectivity index (χ4n) is 3.78. The van der Waals surface area contributed by atoms with Crippen molar-refractivity contribution in [2.75, 3.05) is 20.8 Å². The molecule has 0 radical (unpaired) electrons. The summed E-state index contributed by atoms with van der Waals surface area (Å²) in [5.74, 6) is 0.793. The normalized spacial score (nSPS) is 12.3. The van der Waals surface area contributed by atoms with Crippen LogP contribution < -0.4 is 19.5 Å². The predicted molar refractivity (Wildman–Crippen MR) is 138 cm³/mol. The summed E-state index contributed by atoms with van der Waals surface area (Å²) >= 11 is 0.936. The van der Waals surface area contributed by atoms with Crippen LogP contribution in [0, 0.1) is 0 Å². The van der Waals surface area contributed by atoms with Gasteiger partial charge in [-0.05, 0) is 48.2 Å². The van der Waals surface area contributed by atoms with Gasteiger partial charge >= 0.3 is 0 Å². The van der Waals surface area contributed by atoms with E-state index in [2.05, 4.69) is 18.8 Å². The maximum absolute atomic E-state index is 13.3. The van der Waals surface area contributed by atoms with E-state index >= 15 is 0 Å². The largest absolute Gasteiger partial charge is 0.493 e. The molecule has 0 spiro atoms. The summed E-state index contributed by atoms with van der Waals surface area (Å²) in [4.78, 5) is 13.2. The second-order valence-electron chi connectivity index (χ2n) is 7.98. The van der Waals surface area contributed by atoms with Gasteiger partial charge in [-0.3, -0.25) is 4.79 Å². The van der Waals surface area contributed by atoms with Crippen LogP contribution >= 0.6 is 11.7 Å². The van der Waals surface area contributed by atoms with Crippen LogP contribution in [0.2, 0.25) is 0 Å². The average molecular weight is 527 g/mol. The lowest BCUT2D eigenvalue weighted by Crippen LogP contribution is -2.48. The highest BCUT2D eigenvalue weighted by atomic mass is 32.2. The number of rotatable bonds is 11. The number of ether oxygens (including phenoxy) is 2. The lowest BCUT2D eigenvalue weighted by molar-refractivity contribution is -0.122. The second kappa shape index (κ2) is 11.5. The van der Waals surface area contributed by atoms with Crippen molar-refractivity contribution in [1.29, 1.82) is 0 Å². The highest BCUT2D eigenvalue weighted by molar-refractivity contribution is 7.89. The molecule has 1 heterocycles.